The van der Waals surface area contributed by atoms with Gasteiger partial charge in [-0.2, -0.15) is 13.2 Å². The van der Waals surface area contributed by atoms with Crippen LogP contribution in [0.3, 0.4) is 0 Å². The standard InChI is InChI=1S/C19H15F4N3O2/c20-13-7-11(16-12(8-13)9-27-10-28-16)5-6-24-17-14-3-1-2-4-15(14)25-18(26-17)19(21,22)23/h1-4,7-8H,5-6,9-10H2,(H,24,25,26). The summed E-state index contributed by atoms with van der Waals surface area (Å²) in [4.78, 5) is 7.22. The lowest BCUT2D eigenvalue weighted by atomic mass is 10.1. The molecule has 0 saturated heterocycles. The van der Waals surface area contributed by atoms with Crippen LogP contribution >= 0.6 is 0 Å². The summed E-state index contributed by atoms with van der Waals surface area (Å²) in [5, 5.41) is 3.39. The van der Waals surface area contributed by atoms with Crippen molar-refractivity contribution < 1.29 is 27.0 Å². The van der Waals surface area contributed by atoms with E-state index in [1.807, 2.05) is 0 Å². The number of hydrogen-bond acceptors (Lipinski definition) is 5. The van der Waals surface area contributed by atoms with Crippen molar-refractivity contribution in [1.82, 2.24) is 9.97 Å². The molecule has 0 bridgehead atoms. The molecule has 9 heteroatoms. The first kappa shape index (κ1) is 18.4. The Morgan fingerprint density at radius 3 is 2.75 bits per heavy atom. The number of anilines is 1. The third-order valence-corrected chi connectivity index (χ3v) is 4.30. The van der Waals surface area contributed by atoms with Crippen molar-refractivity contribution in [2.75, 3.05) is 18.7 Å². The Hall–Kier alpha value is -2.94. The normalized spacial score (nSPS) is 13.9. The highest BCUT2D eigenvalue weighted by atomic mass is 19.4. The fourth-order valence-corrected chi connectivity index (χ4v) is 3.10. The molecule has 3 aromatic rings. The molecule has 1 aliphatic rings. The van der Waals surface area contributed by atoms with Gasteiger partial charge < -0.3 is 14.8 Å². The van der Waals surface area contributed by atoms with E-state index in [1.54, 1.807) is 18.2 Å². The lowest BCUT2D eigenvalue weighted by Crippen LogP contribution is -2.16. The van der Waals surface area contributed by atoms with Crippen molar-refractivity contribution in [2.45, 2.75) is 19.2 Å². The molecule has 2 aromatic carbocycles. The van der Waals surface area contributed by atoms with Crippen LogP contribution in [0.25, 0.3) is 10.9 Å². The first-order valence-electron chi connectivity index (χ1n) is 8.51. The summed E-state index contributed by atoms with van der Waals surface area (Å²) in [5.74, 6) is -1.00. The molecule has 0 fully saturated rings. The Morgan fingerprint density at radius 2 is 1.93 bits per heavy atom. The number of ether oxygens (including phenoxy) is 2. The van der Waals surface area contributed by atoms with Crippen molar-refractivity contribution in [3.05, 3.63) is 59.2 Å². The number of halogens is 4. The number of alkyl halides is 3. The Kier molecular flexibility index (Phi) is 4.76. The fourth-order valence-electron chi connectivity index (χ4n) is 3.10. The zero-order valence-electron chi connectivity index (χ0n) is 14.5. The Balaban J connectivity index is 1.59. The molecule has 0 amide bonds. The second-order valence-electron chi connectivity index (χ2n) is 6.25. The van der Waals surface area contributed by atoms with Gasteiger partial charge in [-0.15, -0.1) is 0 Å². The summed E-state index contributed by atoms with van der Waals surface area (Å²) in [6, 6.07) is 9.14. The minimum absolute atomic E-state index is 0.0740. The molecule has 4 rings (SSSR count). The smallest absolute Gasteiger partial charge is 0.451 e. The van der Waals surface area contributed by atoms with Crippen molar-refractivity contribution in [3.8, 4) is 5.75 Å². The topological polar surface area (TPSA) is 56.3 Å². The maximum Gasteiger partial charge on any atom is 0.451 e. The van der Waals surface area contributed by atoms with Crippen LogP contribution in [0.4, 0.5) is 23.4 Å². The minimum atomic E-state index is -4.66. The average molecular weight is 393 g/mol. The number of fused-ring (bicyclic) bond motifs is 2. The molecule has 0 aliphatic carbocycles. The fraction of sp³-hybridized carbons (Fsp3) is 0.263. The summed E-state index contributed by atoms with van der Waals surface area (Å²) in [6.07, 6.45) is -4.32. The van der Waals surface area contributed by atoms with Crippen LogP contribution in [-0.2, 0) is 23.9 Å². The van der Waals surface area contributed by atoms with Gasteiger partial charge in [-0.1, -0.05) is 12.1 Å². The molecule has 0 atom stereocenters. The highest BCUT2D eigenvalue weighted by Gasteiger charge is 2.35. The molecule has 5 nitrogen and oxygen atoms in total. The van der Waals surface area contributed by atoms with E-state index < -0.39 is 17.8 Å². The molecule has 146 valence electrons. The number of benzene rings is 2. The van der Waals surface area contributed by atoms with E-state index in [9.17, 15) is 17.6 Å². The minimum Gasteiger partial charge on any atom is -0.467 e. The zero-order valence-corrected chi connectivity index (χ0v) is 14.5. The van der Waals surface area contributed by atoms with Gasteiger partial charge in [-0.05, 0) is 36.2 Å². The molecule has 0 spiro atoms. The molecule has 1 aromatic heterocycles. The zero-order chi connectivity index (χ0) is 19.7. The number of rotatable bonds is 4. The van der Waals surface area contributed by atoms with Gasteiger partial charge >= 0.3 is 6.18 Å². The van der Waals surface area contributed by atoms with E-state index >= 15 is 0 Å². The second kappa shape index (κ2) is 7.23. The van der Waals surface area contributed by atoms with E-state index in [-0.39, 0.29) is 31.3 Å². The molecular weight excluding hydrogens is 378 g/mol. The van der Waals surface area contributed by atoms with Gasteiger partial charge in [0.25, 0.3) is 0 Å². The number of hydrogen-bond donors (Lipinski definition) is 1. The molecule has 1 aliphatic heterocycles. The van der Waals surface area contributed by atoms with E-state index in [1.165, 1.54) is 18.2 Å². The second-order valence-corrected chi connectivity index (χ2v) is 6.25. The maximum absolute atomic E-state index is 13.8. The highest BCUT2D eigenvalue weighted by Crippen LogP contribution is 2.31. The van der Waals surface area contributed by atoms with Crippen LogP contribution in [-0.4, -0.2) is 23.3 Å². The van der Waals surface area contributed by atoms with E-state index in [2.05, 4.69) is 15.3 Å². The molecule has 0 unspecified atom stereocenters. The average Bonchev–Trinajstić information content (AvgIpc) is 2.67. The lowest BCUT2D eigenvalue weighted by molar-refractivity contribution is -0.144. The van der Waals surface area contributed by atoms with Gasteiger partial charge in [0.1, 0.15) is 17.4 Å². The van der Waals surface area contributed by atoms with Crippen LogP contribution in [0.2, 0.25) is 0 Å². The summed E-state index contributed by atoms with van der Waals surface area (Å²) >= 11 is 0. The molecule has 28 heavy (non-hydrogen) atoms. The molecule has 0 saturated carbocycles. The lowest BCUT2D eigenvalue weighted by Gasteiger charge is -2.21. The third-order valence-electron chi connectivity index (χ3n) is 4.30. The van der Waals surface area contributed by atoms with Crippen LogP contribution in [0, 0.1) is 5.82 Å². The SMILES string of the molecule is Fc1cc(CCNc2nc(C(F)(F)F)nc3ccccc23)c2c(c1)COCO2. The monoisotopic (exact) mass is 393 g/mol. The van der Waals surface area contributed by atoms with E-state index in [0.717, 1.165) is 0 Å². The van der Waals surface area contributed by atoms with Gasteiger partial charge in [0.05, 0.1) is 12.1 Å². The summed E-state index contributed by atoms with van der Waals surface area (Å²) in [7, 11) is 0. The Labute approximate surface area is 157 Å². The Bertz CT molecular complexity index is 1020. The number of aromatic nitrogens is 2. The Morgan fingerprint density at radius 1 is 1.11 bits per heavy atom. The largest absolute Gasteiger partial charge is 0.467 e. The van der Waals surface area contributed by atoms with E-state index in [4.69, 9.17) is 9.47 Å². The summed E-state index contributed by atoms with van der Waals surface area (Å²) < 4.78 is 63.7. The van der Waals surface area contributed by atoms with Crippen molar-refractivity contribution in [2.24, 2.45) is 0 Å². The van der Waals surface area contributed by atoms with Crippen molar-refractivity contribution in [3.63, 3.8) is 0 Å². The van der Waals surface area contributed by atoms with Crippen LogP contribution < -0.4 is 10.1 Å². The predicted octanol–water partition coefficient (Wildman–Crippen LogP) is 4.31. The highest BCUT2D eigenvalue weighted by molar-refractivity contribution is 5.89. The van der Waals surface area contributed by atoms with Gasteiger partial charge in [-0.3, -0.25) is 0 Å². The number of nitrogens with one attached hydrogen (secondary N) is 1. The number of para-hydroxylation sites is 1. The summed E-state index contributed by atoms with van der Waals surface area (Å²) in [5.41, 5.74) is 1.41. The molecule has 0 radical (unpaired) electrons. The van der Waals surface area contributed by atoms with Crippen LogP contribution in [0.15, 0.2) is 36.4 Å². The van der Waals surface area contributed by atoms with Gasteiger partial charge in [0.15, 0.2) is 6.79 Å². The first-order valence-corrected chi connectivity index (χ1v) is 8.51. The van der Waals surface area contributed by atoms with Crippen molar-refractivity contribution >= 4 is 16.7 Å². The maximum atomic E-state index is 13.8. The summed E-state index contributed by atoms with van der Waals surface area (Å²) in [6.45, 7) is 0.558. The predicted molar refractivity (Wildman–Crippen MR) is 93.4 cm³/mol. The quantitative estimate of drug-likeness (QED) is 0.670. The number of nitrogens with zero attached hydrogens (tertiary/aromatic N) is 2. The molecule has 2 heterocycles. The van der Waals surface area contributed by atoms with Gasteiger partial charge in [0, 0.05) is 17.5 Å². The molecular formula is C19H15F4N3O2. The van der Waals surface area contributed by atoms with Crippen LogP contribution in [0.1, 0.15) is 17.0 Å². The van der Waals surface area contributed by atoms with E-state index in [0.29, 0.717) is 28.7 Å². The van der Waals surface area contributed by atoms with Crippen LogP contribution in [0.5, 0.6) is 5.75 Å². The third kappa shape index (κ3) is 3.70. The van der Waals surface area contributed by atoms with Crippen molar-refractivity contribution in [1.29, 1.82) is 0 Å². The van der Waals surface area contributed by atoms with Gasteiger partial charge in [-0.25, -0.2) is 14.4 Å². The molecule has 1 N–H and O–H groups in total. The first-order chi connectivity index (χ1) is 13.4. The van der Waals surface area contributed by atoms with Gasteiger partial charge in [0.2, 0.25) is 5.82 Å².